The van der Waals surface area contributed by atoms with Gasteiger partial charge in [0.15, 0.2) is 0 Å². The second-order valence-electron chi connectivity index (χ2n) is 2.52. The average molecular weight is 140 g/mol. The van der Waals surface area contributed by atoms with Crippen molar-refractivity contribution in [3.63, 3.8) is 0 Å². The van der Waals surface area contributed by atoms with E-state index in [-0.39, 0.29) is 0 Å². The van der Waals surface area contributed by atoms with Crippen LogP contribution in [0.4, 0.5) is 5.82 Å². The van der Waals surface area contributed by atoms with Gasteiger partial charge in [-0.25, -0.2) is 4.98 Å². The zero-order chi connectivity index (χ0) is 7.56. The van der Waals surface area contributed by atoms with E-state index in [0.29, 0.717) is 5.82 Å². The molecule has 0 fully saturated rings. The van der Waals surface area contributed by atoms with Crippen LogP contribution in [0.1, 0.15) is 5.82 Å². The molecule has 1 heterocycles. The van der Waals surface area contributed by atoms with Gasteiger partial charge >= 0.3 is 0 Å². The third-order valence-electron chi connectivity index (χ3n) is 1.11. The molecule has 3 N–H and O–H groups in total. The molecule has 0 saturated carbocycles. The monoisotopic (exact) mass is 140 g/mol. The minimum absolute atomic E-state index is 0.622. The van der Waals surface area contributed by atoms with E-state index in [9.17, 15) is 0 Å². The van der Waals surface area contributed by atoms with Crippen molar-refractivity contribution in [2.24, 2.45) is 0 Å². The van der Waals surface area contributed by atoms with E-state index in [1.807, 2.05) is 19.0 Å². The number of hydrogen-bond donors (Lipinski definition) is 2. The Labute approximate surface area is 60.1 Å². The van der Waals surface area contributed by atoms with Gasteiger partial charge in [0.25, 0.3) is 0 Å². The number of imidazole rings is 1. The molecule has 0 amide bonds. The molecule has 0 saturated heterocycles. The van der Waals surface area contributed by atoms with Crippen LogP contribution < -0.4 is 5.73 Å². The van der Waals surface area contributed by atoms with Crippen LogP contribution >= 0.6 is 0 Å². The normalized spacial score (nSPS) is 10.7. The van der Waals surface area contributed by atoms with Crippen LogP contribution in [0, 0.1) is 0 Å². The Morgan fingerprint density at radius 3 is 2.80 bits per heavy atom. The van der Waals surface area contributed by atoms with Crippen LogP contribution in [0.3, 0.4) is 0 Å². The number of nitrogens with one attached hydrogen (secondary N) is 1. The van der Waals surface area contributed by atoms with Gasteiger partial charge in [-0.05, 0) is 14.1 Å². The first-order chi connectivity index (χ1) is 4.68. The van der Waals surface area contributed by atoms with Crippen LogP contribution in [0.5, 0.6) is 0 Å². The quantitative estimate of drug-likeness (QED) is 0.610. The summed E-state index contributed by atoms with van der Waals surface area (Å²) in [6.45, 7) is 0.803. The summed E-state index contributed by atoms with van der Waals surface area (Å²) >= 11 is 0. The van der Waals surface area contributed by atoms with Gasteiger partial charge in [0.1, 0.15) is 11.6 Å². The summed E-state index contributed by atoms with van der Waals surface area (Å²) in [5.74, 6) is 1.53. The minimum Gasteiger partial charge on any atom is -0.384 e. The predicted molar refractivity (Wildman–Crippen MR) is 40.4 cm³/mol. The fourth-order valence-electron chi connectivity index (χ4n) is 0.759. The van der Waals surface area contributed by atoms with E-state index in [2.05, 4.69) is 9.97 Å². The van der Waals surface area contributed by atoms with Gasteiger partial charge in [-0.3, -0.25) is 0 Å². The number of H-pyrrole nitrogens is 1. The molecule has 1 rings (SSSR count). The highest BCUT2D eigenvalue weighted by atomic mass is 15.1. The van der Waals surface area contributed by atoms with Crippen molar-refractivity contribution in [3.05, 3.63) is 12.0 Å². The van der Waals surface area contributed by atoms with E-state index in [1.54, 1.807) is 6.20 Å². The number of rotatable bonds is 2. The molecule has 10 heavy (non-hydrogen) atoms. The van der Waals surface area contributed by atoms with Crippen molar-refractivity contribution in [1.82, 2.24) is 14.9 Å². The van der Waals surface area contributed by atoms with Gasteiger partial charge in [0.05, 0.1) is 12.7 Å². The predicted octanol–water partition coefficient (Wildman–Crippen LogP) is 0.0535. The largest absolute Gasteiger partial charge is 0.384 e. The lowest BCUT2D eigenvalue weighted by Crippen LogP contribution is -2.11. The molecule has 0 atom stereocenters. The molecule has 0 aromatic carbocycles. The highest BCUT2D eigenvalue weighted by Gasteiger charge is 1.97. The lowest BCUT2D eigenvalue weighted by Gasteiger charge is -2.04. The Hall–Kier alpha value is -1.03. The summed E-state index contributed by atoms with van der Waals surface area (Å²) in [5.41, 5.74) is 5.42. The van der Waals surface area contributed by atoms with Crippen molar-refractivity contribution < 1.29 is 0 Å². The Bertz CT molecular complexity index is 203. The first-order valence-electron chi connectivity index (χ1n) is 3.12. The SMILES string of the molecule is CN(C)Cc1ncc(N)[nH]1. The Balaban J connectivity index is 2.58. The van der Waals surface area contributed by atoms with Crippen molar-refractivity contribution in [3.8, 4) is 0 Å². The van der Waals surface area contributed by atoms with Gasteiger partial charge < -0.3 is 15.6 Å². The van der Waals surface area contributed by atoms with Gasteiger partial charge in [0.2, 0.25) is 0 Å². The molecule has 0 spiro atoms. The lowest BCUT2D eigenvalue weighted by atomic mass is 10.6. The van der Waals surface area contributed by atoms with Crippen molar-refractivity contribution in [2.75, 3.05) is 19.8 Å². The molecule has 4 nitrogen and oxygen atoms in total. The van der Waals surface area contributed by atoms with Crippen molar-refractivity contribution in [1.29, 1.82) is 0 Å². The molecular weight excluding hydrogens is 128 g/mol. The number of nitrogens with zero attached hydrogens (tertiary/aromatic N) is 2. The maximum atomic E-state index is 5.42. The summed E-state index contributed by atoms with van der Waals surface area (Å²) in [6.07, 6.45) is 1.62. The molecule has 0 unspecified atom stereocenters. The zero-order valence-electron chi connectivity index (χ0n) is 6.26. The minimum atomic E-state index is 0.622. The van der Waals surface area contributed by atoms with Crippen LogP contribution in [-0.4, -0.2) is 29.0 Å². The highest BCUT2D eigenvalue weighted by Crippen LogP contribution is 1.98. The van der Waals surface area contributed by atoms with E-state index >= 15 is 0 Å². The van der Waals surface area contributed by atoms with E-state index in [1.165, 1.54) is 0 Å². The third-order valence-corrected chi connectivity index (χ3v) is 1.11. The molecule has 0 bridgehead atoms. The van der Waals surface area contributed by atoms with Gasteiger partial charge in [-0.1, -0.05) is 0 Å². The van der Waals surface area contributed by atoms with Crippen molar-refractivity contribution in [2.45, 2.75) is 6.54 Å². The van der Waals surface area contributed by atoms with Gasteiger partial charge in [-0.2, -0.15) is 0 Å². The second kappa shape index (κ2) is 2.70. The van der Waals surface area contributed by atoms with Gasteiger partial charge in [-0.15, -0.1) is 0 Å². The number of nitrogens with two attached hydrogens (primary N) is 1. The molecule has 1 aromatic heterocycles. The molecule has 0 aliphatic carbocycles. The van der Waals surface area contributed by atoms with Crippen LogP contribution in [0.2, 0.25) is 0 Å². The summed E-state index contributed by atoms with van der Waals surface area (Å²) in [7, 11) is 3.97. The maximum Gasteiger partial charge on any atom is 0.121 e. The Morgan fingerprint density at radius 2 is 2.40 bits per heavy atom. The lowest BCUT2D eigenvalue weighted by molar-refractivity contribution is 0.392. The Morgan fingerprint density at radius 1 is 1.70 bits per heavy atom. The molecule has 0 radical (unpaired) electrons. The third kappa shape index (κ3) is 1.73. The Kier molecular flexibility index (Phi) is 1.91. The smallest absolute Gasteiger partial charge is 0.121 e. The summed E-state index contributed by atoms with van der Waals surface area (Å²) in [5, 5.41) is 0. The van der Waals surface area contributed by atoms with Crippen LogP contribution in [0.15, 0.2) is 6.20 Å². The number of aromatic amines is 1. The molecule has 4 heteroatoms. The number of nitrogen functional groups attached to an aromatic ring is 1. The molecular formula is C6H12N4. The maximum absolute atomic E-state index is 5.42. The van der Waals surface area contributed by atoms with E-state index < -0.39 is 0 Å². The van der Waals surface area contributed by atoms with Crippen LogP contribution in [-0.2, 0) is 6.54 Å². The number of aromatic nitrogens is 2. The van der Waals surface area contributed by atoms with E-state index in [0.717, 1.165) is 12.4 Å². The molecule has 1 aromatic rings. The standard InChI is InChI=1S/C6H12N4/c1-10(2)4-6-8-3-5(7)9-6/h3H,4,7H2,1-2H3,(H,8,9). The second-order valence-corrected chi connectivity index (χ2v) is 2.52. The first kappa shape index (κ1) is 7.08. The zero-order valence-corrected chi connectivity index (χ0v) is 6.26. The summed E-state index contributed by atoms with van der Waals surface area (Å²) < 4.78 is 0. The first-order valence-corrected chi connectivity index (χ1v) is 3.12. The van der Waals surface area contributed by atoms with Gasteiger partial charge in [0, 0.05) is 0 Å². The molecule has 0 aliphatic heterocycles. The number of hydrogen-bond acceptors (Lipinski definition) is 3. The fraction of sp³-hybridized carbons (Fsp3) is 0.500. The van der Waals surface area contributed by atoms with E-state index in [4.69, 9.17) is 5.73 Å². The van der Waals surface area contributed by atoms with Crippen LogP contribution in [0.25, 0.3) is 0 Å². The van der Waals surface area contributed by atoms with Crippen molar-refractivity contribution >= 4 is 5.82 Å². The topological polar surface area (TPSA) is 57.9 Å². The number of anilines is 1. The average Bonchev–Trinajstić information content (AvgIpc) is 2.13. The summed E-state index contributed by atoms with van der Waals surface area (Å²) in [6, 6.07) is 0. The molecule has 56 valence electrons. The fourth-order valence-corrected chi connectivity index (χ4v) is 0.759. The highest BCUT2D eigenvalue weighted by molar-refractivity contribution is 5.24. The summed E-state index contributed by atoms with van der Waals surface area (Å²) in [4.78, 5) is 8.99. The molecule has 0 aliphatic rings.